The third kappa shape index (κ3) is 5.47. The number of thiocarbonyl (C=S) groups is 1. The predicted molar refractivity (Wildman–Crippen MR) is 58.7 cm³/mol. The summed E-state index contributed by atoms with van der Waals surface area (Å²) in [7, 11) is 0. The standard InChI is InChI=1S/C7H13NS2.Na.H/c9-7(10)8-6-4-2-1-3-5-6;;/h6H,1-5H2,(H2,8,9,10);;. The Morgan fingerprint density at radius 2 is 1.82 bits per heavy atom. The van der Waals surface area contributed by atoms with E-state index in [1.54, 1.807) is 0 Å². The van der Waals surface area contributed by atoms with Crippen LogP contribution < -0.4 is 5.32 Å². The Hall–Kier alpha value is 1.24. The molecule has 4 heteroatoms. The molecule has 0 aliphatic heterocycles. The number of hydrogen-bond acceptors (Lipinski definition) is 1. The van der Waals surface area contributed by atoms with E-state index in [0.29, 0.717) is 10.4 Å². The first-order valence-electron chi connectivity index (χ1n) is 3.78. The van der Waals surface area contributed by atoms with E-state index in [4.69, 9.17) is 12.2 Å². The Balaban J connectivity index is 0.000001000. The van der Waals surface area contributed by atoms with Crippen molar-refractivity contribution in [2.75, 3.05) is 0 Å². The van der Waals surface area contributed by atoms with Crippen LogP contribution in [-0.4, -0.2) is 39.9 Å². The van der Waals surface area contributed by atoms with Crippen molar-refractivity contribution >= 4 is 58.7 Å². The van der Waals surface area contributed by atoms with Crippen molar-refractivity contribution in [2.24, 2.45) is 0 Å². The molecule has 0 unspecified atom stereocenters. The predicted octanol–water partition coefficient (Wildman–Crippen LogP) is 1.47. The molecule has 0 atom stereocenters. The fourth-order valence-electron chi connectivity index (χ4n) is 1.42. The first-order chi connectivity index (χ1) is 4.79. The summed E-state index contributed by atoms with van der Waals surface area (Å²) < 4.78 is 0.645. The maximum absolute atomic E-state index is 4.83. The number of hydrogen-bond donors (Lipinski definition) is 2. The van der Waals surface area contributed by atoms with Gasteiger partial charge in [0.2, 0.25) is 0 Å². The molecule has 11 heavy (non-hydrogen) atoms. The first kappa shape index (κ1) is 12.2. The van der Waals surface area contributed by atoms with Crippen LogP contribution in [0.5, 0.6) is 0 Å². The first-order valence-corrected chi connectivity index (χ1v) is 4.64. The van der Waals surface area contributed by atoms with Gasteiger partial charge in [-0.05, 0) is 12.8 Å². The molecule has 0 aromatic carbocycles. The third-order valence-electron chi connectivity index (χ3n) is 1.93. The topological polar surface area (TPSA) is 12.0 Å². The van der Waals surface area contributed by atoms with Crippen molar-refractivity contribution in [3.05, 3.63) is 0 Å². The normalized spacial score (nSPS) is 18.6. The van der Waals surface area contributed by atoms with Crippen LogP contribution in [0.1, 0.15) is 32.1 Å². The van der Waals surface area contributed by atoms with Gasteiger partial charge in [-0.2, -0.15) is 0 Å². The van der Waals surface area contributed by atoms with Crippen LogP contribution in [0, 0.1) is 0 Å². The Kier molecular flexibility index (Phi) is 7.48. The summed E-state index contributed by atoms with van der Waals surface area (Å²) in [6.07, 6.45) is 6.60. The van der Waals surface area contributed by atoms with Gasteiger partial charge in [0.25, 0.3) is 0 Å². The van der Waals surface area contributed by atoms with Gasteiger partial charge in [-0.1, -0.05) is 31.5 Å². The van der Waals surface area contributed by atoms with Crippen molar-refractivity contribution in [1.82, 2.24) is 5.32 Å². The van der Waals surface area contributed by atoms with Crippen LogP contribution in [-0.2, 0) is 0 Å². The molecule has 1 N–H and O–H groups in total. The van der Waals surface area contributed by atoms with Crippen LogP contribution in [0.2, 0.25) is 0 Å². The van der Waals surface area contributed by atoms with Gasteiger partial charge in [0.1, 0.15) is 4.32 Å². The molecule has 0 aromatic rings. The summed E-state index contributed by atoms with van der Waals surface area (Å²) in [5.74, 6) is 0. The number of nitrogens with one attached hydrogen (secondary N) is 1. The van der Waals surface area contributed by atoms with Crippen molar-refractivity contribution in [3.8, 4) is 0 Å². The summed E-state index contributed by atoms with van der Waals surface area (Å²) in [6, 6.07) is 0.610. The van der Waals surface area contributed by atoms with Crippen molar-refractivity contribution < 1.29 is 0 Å². The Morgan fingerprint density at radius 3 is 2.27 bits per heavy atom. The van der Waals surface area contributed by atoms with E-state index >= 15 is 0 Å². The van der Waals surface area contributed by atoms with Crippen LogP contribution in [0.15, 0.2) is 0 Å². The minimum absolute atomic E-state index is 0. The van der Waals surface area contributed by atoms with Crippen molar-refractivity contribution in [1.29, 1.82) is 0 Å². The van der Waals surface area contributed by atoms with Gasteiger partial charge in [-0.25, -0.2) is 0 Å². The fourth-order valence-corrected chi connectivity index (χ4v) is 1.77. The summed E-state index contributed by atoms with van der Waals surface area (Å²) in [5.41, 5.74) is 0. The summed E-state index contributed by atoms with van der Waals surface area (Å²) in [6.45, 7) is 0. The Labute approximate surface area is 101 Å². The van der Waals surface area contributed by atoms with Gasteiger partial charge >= 0.3 is 29.6 Å². The van der Waals surface area contributed by atoms with E-state index in [2.05, 4.69) is 17.9 Å². The van der Waals surface area contributed by atoms with Gasteiger partial charge in [0.05, 0.1) is 0 Å². The van der Waals surface area contributed by atoms with Gasteiger partial charge in [-0.15, -0.1) is 12.6 Å². The summed E-state index contributed by atoms with van der Waals surface area (Å²) in [5, 5.41) is 3.18. The third-order valence-corrected chi connectivity index (χ3v) is 2.18. The zero-order valence-corrected chi connectivity index (χ0v) is 7.68. The molecule has 0 heterocycles. The molecule has 0 aromatic heterocycles. The zero-order valence-electron chi connectivity index (χ0n) is 5.97. The number of thiol groups is 1. The van der Waals surface area contributed by atoms with Gasteiger partial charge in [0.15, 0.2) is 0 Å². The van der Waals surface area contributed by atoms with Gasteiger partial charge < -0.3 is 5.32 Å². The molecule has 60 valence electrons. The van der Waals surface area contributed by atoms with Crippen molar-refractivity contribution in [3.63, 3.8) is 0 Å². The molecular formula is C7H14NNaS2. The van der Waals surface area contributed by atoms with Crippen LogP contribution in [0.4, 0.5) is 0 Å². The second-order valence-electron chi connectivity index (χ2n) is 2.78. The average Bonchev–Trinajstić information content (AvgIpc) is 1.88. The molecule has 0 amide bonds. The molecule has 0 bridgehead atoms. The average molecular weight is 199 g/mol. The molecular weight excluding hydrogens is 185 g/mol. The van der Waals surface area contributed by atoms with Crippen LogP contribution in [0.25, 0.3) is 0 Å². The van der Waals surface area contributed by atoms with Crippen molar-refractivity contribution in [2.45, 2.75) is 38.1 Å². The molecule has 0 spiro atoms. The van der Waals surface area contributed by atoms with Crippen LogP contribution >= 0.6 is 24.8 Å². The molecule has 1 saturated carbocycles. The molecule has 1 fully saturated rings. The minimum atomic E-state index is 0. The summed E-state index contributed by atoms with van der Waals surface area (Å²) >= 11 is 8.86. The monoisotopic (exact) mass is 199 g/mol. The van der Waals surface area contributed by atoms with E-state index in [9.17, 15) is 0 Å². The van der Waals surface area contributed by atoms with Gasteiger partial charge in [0, 0.05) is 6.04 Å². The van der Waals surface area contributed by atoms with Gasteiger partial charge in [-0.3, -0.25) is 0 Å². The zero-order chi connectivity index (χ0) is 7.40. The van der Waals surface area contributed by atoms with E-state index in [1.807, 2.05) is 0 Å². The molecule has 0 radical (unpaired) electrons. The second-order valence-corrected chi connectivity index (χ2v) is 3.94. The Morgan fingerprint density at radius 1 is 1.27 bits per heavy atom. The molecule has 1 aliphatic carbocycles. The quantitative estimate of drug-likeness (QED) is 0.377. The number of rotatable bonds is 1. The maximum atomic E-state index is 4.83. The van der Waals surface area contributed by atoms with E-state index < -0.39 is 0 Å². The summed E-state index contributed by atoms with van der Waals surface area (Å²) in [4.78, 5) is 0. The second kappa shape index (κ2) is 6.72. The van der Waals surface area contributed by atoms with E-state index in [-0.39, 0.29) is 29.6 Å². The molecule has 1 rings (SSSR count). The Bertz CT molecular complexity index is 124. The SMILES string of the molecule is S=C(S)NC1CCCCC1.[NaH]. The van der Waals surface area contributed by atoms with E-state index in [1.165, 1.54) is 32.1 Å². The molecule has 1 nitrogen and oxygen atoms in total. The molecule has 1 aliphatic rings. The molecule has 0 saturated heterocycles. The fraction of sp³-hybridized carbons (Fsp3) is 0.857. The van der Waals surface area contributed by atoms with Crippen LogP contribution in [0.3, 0.4) is 0 Å². The van der Waals surface area contributed by atoms with E-state index in [0.717, 1.165) is 0 Å².